The highest BCUT2D eigenvalue weighted by molar-refractivity contribution is 6.53. The molecule has 1 heterocycles. The predicted molar refractivity (Wildman–Crippen MR) is 83.2 cm³/mol. The van der Waals surface area contributed by atoms with Crippen LogP contribution in [-0.2, 0) is 0 Å². The van der Waals surface area contributed by atoms with Crippen LogP contribution in [0.25, 0.3) is 10.6 Å². The maximum absolute atomic E-state index is 9.43. The molecule has 0 atom stereocenters. The monoisotopic (exact) mass is 282 g/mol. The van der Waals surface area contributed by atoms with Crippen molar-refractivity contribution in [1.29, 1.82) is 5.26 Å². The van der Waals surface area contributed by atoms with Crippen molar-refractivity contribution >= 4 is 22.2 Å². The number of aromatic nitrogens is 1. The lowest BCUT2D eigenvalue weighted by molar-refractivity contribution is 1.29. The fourth-order valence-electron chi connectivity index (χ4n) is 2.41. The first-order chi connectivity index (χ1) is 9.54. The van der Waals surface area contributed by atoms with Crippen molar-refractivity contribution in [2.45, 2.75) is 20.8 Å². The molecule has 2 aromatic rings. The van der Waals surface area contributed by atoms with Crippen LogP contribution in [0.15, 0.2) is 36.7 Å². The van der Waals surface area contributed by atoms with Crippen molar-refractivity contribution in [3.8, 4) is 6.07 Å². The summed E-state index contributed by atoms with van der Waals surface area (Å²) in [5.41, 5.74) is 5.54. The molecule has 1 aromatic heterocycles. The summed E-state index contributed by atoms with van der Waals surface area (Å²) >= 11 is 6.51. The summed E-state index contributed by atoms with van der Waals surface area (Å²) < 4.78 is 0. The highest BCUT2D eigenvalue weighted by Crippen LogP contribution is 2.33. The number of rotatable bonds is 2. The number of nitriles is 1. The van der Waals surface area contributed by atoms with E-state index in [1.54, 1.807) is 24.5 Å². The van der Waals surface area contributed by atoms with Crippen LogP contribution in [0.3, 0.4) is 0 Å². The Morgan fingerprint density at radius 2 is 1.65 bits per heavy atom. The standard InChI is InChI=1S/C17H15ClN2/c1-11-8-12(2)16(13(3)9-11)17(18)15(10-19)14-4-6-20-7-5-14/h4-9H,1-3H3/b17-15+. The molecule has 0 unspecified atom stereocenters. The molecule has 0 N–H and O–H groups in total. The first-order valence-electron chi connectivity index (χ1n) is 6.33. The summed E-state index contributed by atoms with van der Waals surface area (Å²) in [6, 6.07) is 9.94. The topological polar surface area (TPSA) is 36.7 Å². The van der Waals surface area contributed by atoms with Gasteiger partial charge in [-0.05, 0) is 49.6 Å². The van der Waals surface area contributed by atoms with Gasteiger partial charge in [-0.1, -0.05) is 29.3 Å². The maximum atomic E-state index is 9.43. The zero-order chi connectivity index (χ0) is 14.7. The lowest BCUT2D eigenvalue weighted by Crippen LogP contribution is -1.94. The quantitative estimate of drug-likeness (QED) is 0.753. The molecule has 100 valence electrons. The van der Waals surface area contributed by atoms with Gasteiger partial charge in [0.1, 0.15) is 6.07 Å². The lowest BCUT2D eigenvalue weighted by atomic mass is 9.96. The van der Waals surface area contributed by atoms with Crippen LogP contribution in [0, 0.1) is 32.1 Å². The van der Waals surface area contributed by atoms with E-state index in [9.17, 15) is 5.26 Å². The van der Waals surface area contributed by atoms with Crippen molar-refractivity contribution in [3.63, 3.8) is 0 Å². The molecule has 3 heteroatoms. The van der Waals surface area contributed by atoms with Crippen molar-refractivity contribution in [3.05, 3.63) is 64.5 Å². The zero-order valence-corrected chi connectivity index (χ0v) is 12.5. The molecule has 0 aliphatic carbocycles. The van der Waals surface area contributed by atoms with Crippen LogP contribution in [0.1, 0.15) is 27.8 Å². The van der Waals surface area contributed by atoms with Crippen LogP contribution < -0.4 is 0 Å². The van der Waals surface area contributed by atoms with E-state index < -0.39 is 0 Å². The molecule has 0 bridgehead atoms. The first-order valence-corrected chi connectivity index (χ1v) is 6.71. The molecule has 0 saturated carbocycles. The van der Waals surface area contributed by atoms with Gasteiger partial charge in [0.05, 0.1) is 10.6 Å². The Bertz CT molecular complexity index is 687. The Hall–Kier alpha value is -2.11. The summed E-state index contributed by atoms with van der Waals surface area (Å²) in [4.78, 5) is 3.97. The number of aryl methyl sites for hydroxylation is 3. The van der Waals surface area contributed by atoms with E-state index in [4.69, 9.17) is 11.6 Å². The van der Waals surface area contributed by atoms with E-state index >= 15 is 0 Å². The summed E-state index contributed by atoms with van der Waals surface area (Å²) in [6.45, 7) is 6.08. The third kappa shape index (κ3) is 2.74. The van der Waals surface area contributed by atoms with Gasteiger partial charge in [0.15, 0.2) is 0 Å². The summed E-state index contributed by atoms with van der Waals surface area (Å²) in [6.07, 6.45) is 3.32. The van der Waals surface area contributed by atoms with Gasteiger partial charge in [-0.2, -0.15) is 5.26 Å². The van der Waals surface area contributed by atoms with Crippen LogP contribution in [0.4, 0.5) is 0 Å². The van der Waals surface area contributed by atoms with Crippen LogP contribution in [0.2, 0.25) is 0 Å². The molecular weight excluding hydrogens is 268 g/mol. The molecular formula is C17H15ClN2. The number of pyridine rings is 1. The molecule has 2 nitrogen and oxygen atoms in total. The minimum Gasteiger partial charge on any atom is -0.265 e. The SMILES string of the molecule is Cc1cc(C)c(/C(Cl)=C(/C#N)c2ccncc2)c(C)c1. The van der Waals surface area contributed by atoms with Crippen LogP contribution >= 0.6 is 11.6 Å². The molecule has 2 rings (SSSR count). The van der Waals surface area contributed by atoms with Crippen molar-refractivity contribution < 1.29 is 0 Å². The van der Waals surface area contributed by atoms with Gasteiger partial charge in [-0.25, -0.2) is 0 Å². The van der Waals surface area contributed by atoms with E-state index in [2.05, 4.69) is 30.1 Å². The van der Waals surface area contributed by atoms with Gasteiger partial charge >= 0.3 is 0 Å². The number of allylic oxidation sites excluding steroid dienone is 1. The van der Waals surface area contributed by atoms with Gasteiger partial charge in [0.2, 0.25) is 0 Å². The minimum absolute atomic E-state index is 0.476. The van der Waals surface area contributed by atoms with Gasteiger partial charge < -0.3 is 0 Å². The molecule has 0 saturated heterocycles. The minimum atomic E-state index is 0.476. The first kappa shape index (κ1) is 14.3. The third-order valence-electron chi connectivity index (χ3n) is 3.20. The average Bonchev–Trinajstić information content (AvgIpc) is 2.39. The summed E-state index contributed by atoms with van der Waals surface area (Å²) in [5.74, 6) is 0. The van der Waals surface area contributed by atoms with E-state index in [1.807, 2.05) is 13.8 Å². The largest absolute Gasteiger partial charge is 0.265 e. The number of benzene rings is 1. The molecule has 0 aliphatic heterocycles. The molecule has 20 heavy (non-hydrogen) atoms. The zero-order valence-electron chi connectivity index (χ0n) is 11.7. The second-order valence-corrected chi connectivity index (χ2v) is 5.19. The van der Waals surface area contributed by atoms with Gasteiger partial charge in [-0.3, -0.25) is 4.98 Å². The van der Waals surface area contributed by atoms with Gasteiger partial charge in [0.25, 0.3) is 0 Å². The van der Waals surface area contributed by atoms with Crippen LogP contribution in [0.5, 0.6) is 0 Å². The van der Waals surface area contributed by atoms with E-state index in [0.717, 1.165) is 22.3 Å². The molecule has 0 amide bonds. The summed E-state index contributed by atoms with van der Waals surface area (Å²) in [7, 11) is 0. The second kappa shape index (κ2) is 5.90. The number of hydrogen-bond acceptors (Lipinski definition) is 2. The fraction of sp³-hybridized carbons (Fsp3) is 0.176. The average molecular weight is 283 g/mol. The molecule has 1 aromatic carbocycles. The van der Waals surface area contributed by atoms with Crippen molar-refractivity contribution in [2.75, 3.05) is 0 Å². The van der Waals surface area contributed by atoms with Crippen LogP contribution in [-0.4, -0.2) is 4.98 Å². The van der Waals surface area contributed by atoms with Gasteiger partial charge in [-0.15, -0.1) is 0 Å². The smallest absolute Gasteiger partial charge is 0.101 e. The lowest BCUT2D eigenvalue weighted by Gasteiger charge is -2.12. The highest BCUT2D eigenvalue weighted by atomic mass is 35.5. The maximum Gasteiger partial charge on any atom is 0.101 e. The molecule has 0 fully saturated rings. The van der Waals surface area contributed by atoms with Gasteiger partial charge in [0, 0.05) is 18.0 Å². The van der Waals surface area contributed by atoms with E-state index in [1.165, 1.54) is 5.56 Å². The Morgan fingerprint density at radius 1 is 1.10 bits per heavy atom. The summed E-state index contributed by atoms with van der Waals surface area (Å²) in [5, 5.41) is 9.93. The number of hydrogen-bond donors (Lipinski definition) is 0. The predicted octanol–water partition coefficient (Wildman–Crippen LogP) is 4.64. The fourth-order valence-corrected chi connectivity index (χ4v) is 2.86. The Labute approximate surface area is 124 Å². The molecule has 0 aliphatic rings. The second-order valence-electron chi connectivity index (χ2n) is 4.81. The van der Waals surface area contributed by atoms with Crippen molar-refractivity contribution in [1.82, 2.24) is 4.98 Å². The van der Waals surface area contributed by atoms with Crippen molar-refractivity contribution in [2.24, 2.45) is 0 Å². The highest BCUT2D eigenvalue weighted by Gasteiger charge is 2.14. The number of nitrogens with zero attached hydrogens (tertiary/aromatic N) is 2. The van der Waals surface area contributed by atoms with E-state index in [-0.39, 0.29) is 0 Å². The Kier molecular flexibility index (Phi) is 4.22. The normalized spacial score (nSPS) is 11.8. The molecule has 0 spiro atoms. The Balaban J connectivity index is 2.68. The Morgan fingerprint density at radius 3 is 2.15 bits per heavy atom. The molecule has 0 radical (unpaired) electrons. The third-order valence-corrected chi connectivity index (χ3v) is 3.57. The van der Waals surface area contributed by atoms with E-state index in [0.29, 0.717) is 10.6 Å². The number of halogens is 1.